The summed E-state index contributed by atoms with van der Waals surface area (Å²) in [5.41, 5.74) is 0.938. The van der Waals surface area contributed by atoms with E-state index in [1.807, 2.05) is 0 Å². The second kappa shape index (κ2) is 4.29. The summed E-state index contributed by atoms with van der Waals surface area (Å²) in [6, 6.07) is 4.68. The average molecular weight is 233 g/mol. The van der Waals surface area contributed by atoms with Crippen molar-refractivity contribution in [3.8, 4) is 11.5 Å². The summed E-state index contributed by atoms with van der Waals surface area (Å²) in [5.74, 6) is -0.193. The monoisotopic (exact) mass is 233 g/mol. The van der Waals surface area contributed by atoms with Crippen LogP contribution in [0, 0.1) is 0 Å². The zero-order valence-corrected chi connectivity index (χ0v) is 9.19. The minimum atomic E-state index is -0.299. The van der Waals surface area contributed by atoms with Crippen LogP contribution in [-0.4, -0.2) is 23.9 Å². The van der Waals surface area contributed by atoms with E-state index in [1.54, 1.807) is 18.2 Å². The fourth-order valence-electron chi connectivity index (χ4n) is 1.57. The van der Waals surface area contributed by atoms with E-state index in [-0.39, 0.29) is 29.6 Å². The number of aromatic hydroxyl groups is 1. The van der Waals surface area contributed by atoms with E-state index in [2.05, 4.69) is 5.32 Å². The Bertz CT molecular complexity index is 519. The van der Waals surface area contributed by atoms with Crippen molar-refractivity contribution in [2.75, 3.05) is 7.11 Å². The maximum atomic E-state index is 11.4. The molecule has 0 bridgehead atoms. The number of phenolic OH excluding ortho intramolecular Hbond substituents is 1. The Morgan fingerprint density at radius 3 is 2.76 bits per heavy atom. The van der Waals surface area contributed by atoms with E-state index in [1.165, 1.54) is 13.2 Å². The van der Waals surface area contributed by atoms with Crippen LogP contribution in [0.15, 0.2) is 23.9 Å². The SMILES string of the molecule is COc1cc(/C=C2\NC(=O)CC2=O)ccc1O. The van der Waals surface area contributed by atoms with Gasteiger partial charge in [0.05, 0.1) is 19.2 Å². The standard InChI is InChI=1S/C12H11NO4/c1-17-11-5-7(2-3-9(11)14)4-8-10(15)6-12(16)13-8/h2-5,14H,6H2,1H3,(H,13,16)/b8-4-. The van der Waals surface area contributed by atoms with Crippen LogP contribution in [0.4, 0.5) is 0 Å². The second-order valence-corrected chi connectivity index (χ2v) is 3.64. The largest absolute Gasteiger partial charge is 0.504 e. The summed E-state index contributed by atoms with van der Waals surface area (Å²) >= 11 is 0. The highest BCUT2D eigenvalue weighted by Crippen LogP contribution is 2.27. The number of amides is 1. The normalized spacial score (nSPS) is 17.4. The number of nitrogens with one attached hydrogen (secondary N) is 1. The third-order valence-electron chi connectivity index (χ3n) is 2.41. The lowest BCUT2D eigenvalue weighted by atomic mass is 10.1. The molecule has 0 spiro atoms. The lowest BCUT2D eigenvalue weighted by Crippen LogP contribution is -2.12. The molecule has 0 radical (unpaired) electrons. The van der Waals surface area contributed by atoms with Crippen molar-refractivity contribution in [3.63, 3.8) is 0 Å². The van der Waals surface area contributed by atoms with Gasteiger partial charge in [-0.25, -0.2) is 0 Å². The number of hydrogen-bond donors (Lipinski definition) is 2. The lowest BCUT2D eigenvalue weighted by molar-refractivity contribution is -0.121. The number of phenols is 1. The smallest absolute Gasteiger partial charge is 0.232 e. The number of rotatable bonds is 2. The van der Waals surface area contributed by atoms with Crippen LogP contribution in [0.25, 0.3) is 6.08 Å². The van der Waals surface area contributed by atoms with Gasteiger partial charge in [0.2, 0.25) is 5.91 Å². The van der Waals surface area contributed by atoms with Gasteiger partial charge in [0.15, 0.2) is 17.3 Å². The maximum Gasteiger partial charge on any atom is 0.232 e. The van der Waals surface area contributed by atoms with E-state index in [0.717, 1.165) is 0 Å². The zero-order valence-electron chi connectivity index (χ0n) is 9.19. The molecule has 88 valence electrons. The van der Waals surface area contributed by atoms with Gasteiger partial charge in [-0.1, -0.05) is 6.07 Å². The molecule has 1 amide bonds. The number of hydrogen-bond acceptors (Lipinski definition) is 4. The molecule has 1 fully saturated rings. The van der Waals surface area contributed by atoms with Crippen molar-refractivity contribution in [1.29, 1.82) is 0 Å². The van der Waals surface area contributed by atoms with E-state index in [4.69, 9.17) is 4.74 Å². The minimum Gasteiger partial charge on any atom is -0.504 e. The summed E-state index contributed by atoms with van der Waals surface area (Å²) < 4.78 is 4.95. The molecule has 0 aromatic heterocycles. The molecule has 1 aliphatic rings. The van der Waals surface area contributed by atoms with Crippen LogP contribution in [0.2, 0.25) is 0 Å². The molecule has 1 saturated heterocycles. The first-order chi connectivity index (χ1) is 8.10. The number of carbonyl (C=O) groups is 2. The number of ketones is 1. The number of ether oxygens (including phenoxy) is 1. The molecule has 1 aliphatic heterocycles. The summed E-state index contributed by atoms with van der Waals surface area (Å²) in [4.78, 5) is 22.4. The van der Waals surface area contributed by atoms with Crippen LogP contribution >= 0.6 is 0 Å². The molecular weight excluding hydrogens is 222 g/mol. The number of benzene rings is 1. The van der Waals surface area contributed by atoms with Gasteiger partial charge in [-0.2, -0.15) is 0 Å². The fourth-order valence-corrected chi connectivity index (χ4v) is 1.57. The summed E-state index contributed by atoms with van der Waals surface area (Å²) in [7, 11) is 1.44. The Morgan fingerprint density at radius 1 is 1.41 bits per heavy atom. The van der Waals surface area contributed by atoms with Crippen molar-refractivity contribution in [2.45, 2.75) is 6.42 Å². The van der Waals surface area contributed by atoms with E-state index in [0.29, 0.717) is 11.3 Å². The Labute approximate surface area is 97.7 Å². The molecule has 5 nitrogen and oxygen atoms in total. The molecule has 1 aromatic rings. The fraction of sp³-hybridized carbons (Fsp3) is 0.167. The Balaban J connectivity index is 2.33. The molecule has 2 rings (SSSR count). The highest BCUT2D eigenvalue weighted by atomic mass is 16.5. The van der Waals surface area contributed by atoms with Crippen molar-refractivity contribution < 1.29 is 19.4 Å². The van der Waals surface area contributed by atoms with Crippen LogP contribution in [0.1, 0.15) is 12.0 Å². The van der Waals surface area contributed by atoms with Gasteiger partial charge >= 0.3 is 0 Å². The molecule has 0 unspecified atom stereocenters. The predicted octanol–water partition coefficient (Wildman–Crippen LogP) is 0.831. The summed E-state index contributed by atoms with van der Waals surface area (Å²) in [6.45, 7) is 0. The van der Waals surface area contributed by atoms with Crippen LogP contribution in [0.5, 0.6) is 11.5 Å². The molecule has 0 atom stereocenters. The summed E-state index contributed by atoms with van der Waals surface area (Å²) in [5, 5.41) is 11.9. The molecule has 2 N–H and O–H groups in total. The average Bonchev–Trinajstić information content (AvgIpc) is 2.60. The van der Waals surface area contributed by atoms with Gasteiger partial charge in [-0.3, -0.25) is 9.59 Å². The topological polar surface area (TPSA) is 75.6 Å². The van der Waals surface area contributed by atoms with Gasteiger partial charge < -0.3 is 15.2 Å². The first-order valence-corrected chi connectivity index (χ1v) is 5.02. The van der Waals surface area contributed by atoms with Crippen molar-refractivity contribution in [3.05, 3.63) is 29.5 Å². The third kappa shape index (κ3) is 2.28. The van der Waals surface area contributed by atoms with Gasteiger partial charge in [0.1, 0.15) is 0 Å². The maximum absolute atomic E-state index is 11.4. The Morgan fingerprint density at radius 2 is 2.18 bits per heavy atom. The molecule has 0 saturated carbocycles. The number of carbonyl (C=O) groups excluding carboxylic acids is 2. The third-order valence-corrected chi connectivity index (χ3v) is 2.41. The molecule has 0 aliphatic carbocycles. The second-order valence-electron chi connectivity index (χ2n) is 3.64. The van der Waals surface area contributed by atoms with Crippen molar-refractivity contribution >= 4 is 17.8 Å². The number of methoxy groups -OCH3 is 1. The quantitative estimate of drug-likeness (QED) is 0.586. The first kappa shape index (κ1) is 11.2. The lowest BCUT2D eigenvalue weighted by Gasteiger charge is -2.04. The number of allylic oxidation sites excluding steroid dienone is 1. The van der Waals surface area contributed by atoms with Gasteiger partial charge in [0.25, 0.3) is 0 Å². The van der Waals surface area contributed by atoms with Crippen LogP contribution in [-0.2, 0) is 9.59 Å². The predicted molar refractivity (Wildman–Crippen MR) is 60.4 cm³/mol. The van der Waals surface area contributed by atoms with E-state index >= 15 is 0 Å². The highest BCUT2D eigenvalue weighted by molar-refractivity contribution is 6.16. The molecule has 17 heavy (non-hydrogen) atoms. The highest BCUT2D eigenvalue weighted by Gasteiger charge is 2.23. The van der Waals surface area contributed by atoms with Gasteiger partial charge in [-0.05, 0) is 23.8 Å². The van der Waals surface area contributed by atoms with Crippen molar-refractivity contribution in [1.82, 2.24) is 5.32 Å². The van der Waals surface area contributed by atoms with E-state index < -0.39 is 0 Å². The van der Waals surface area contributed by atoms with E-state index in [9.17, 15) is 14.7 Å². The van der Waals surface area contributed by atoms with Crippen LogP contribution in [0.3, 0.4) is 0 Å². The van der Waals surface area contributed by atoms with Crippen molar-refractivity contribution in [2.24, 2.45) is 0 Å². The minimum absolute atomic E-state index is 0.0245. The molecule has 5 heteroatoms. The summed E-state index contributed by atoms with van der Waals surface area (Å²) in [6.07, 6.45) is 1.44. The van der Waals surface area contributed by atoms with Gasteiger partial charge in [0, 0.05) is 0 Å². The van der Waals surface area contributed by atoms with Crippen LogP contribution < -0.4 is 10.1 Å². The molecule has 1 heterocycles. The number of Topliss-reactive ketones (excluding diaryl/α,β-unsaturated/α-hetero) is 1. The zero-order chi connectivity index (χ0) is 12.4. The molecule has 1 aromatic carbocycles. The Kier molecular flexibility index (Phi) is 2.82. The Hall–Kier alpha value is -2.30. The van der Waals surface area contributed by atoms with Gasteiger partial charge in [-0.15, -0.1) is 0 Å². The first-order valence-electron chi connectivity index (χ1n) is 5.02. The molecular formula is C12H11NO4.